The minimum Gasteiger partial charge on any atom is -0.357 e. The van der Waals surface area contributed by atoms with Crippen LogP contribution in [0.25, 0.3) is 0 Å². The molecule has 0 aromatic carbocycles. The fraction of sp³-hybridized carbons (Fsp3) is 0.688. The van der Waals surface area contributed by atoms with Gasteiger partial charge >= 0.3 is 0 Å². The van der Waals surface area contributed by atoms with Gasteiger partial charge in [-0.25, -0.2) is 8.42 Å². The second kappa shape index (κ2) is 10.1. The summed E-state index contributed by atoms with van der Waals surface area (Å²) in [6.45, 7) is 4.48. The van der Waals surface area contributed by atoms with Crippen molar-refractivity contribution in [3.8, 4) is 0 Å². The number of guanidine groups is 1. The predicted molar refractivity (Wildman–Crippen MR) is 118 cm³/mol. The molecule has 1 aliphatic rings. The van der Waals surface area contributed by atoms with Crippen molar-refractivity contribution in [3.63, 3.8) is 0 Å². The van der Waals surface area contributed by atoms with Gasteiger partial charge in [-0.3, -0.25) is 4.99 Å². The molecule has 0 amide bonds. The molecule has 1 aromatic heterocycles. The Labute approximate surface area is 178 Å². The van der Waals surface area contributed by atoms with Gasteiger partial charge in [0.1, 0.15) is 0 Å². The molecule has 0 bridgehead atoms. The van der Waals surface area contributed by atoms with Crippen molar-refractivity contribution >= 4 is 51.6 Å². The van der Waals surface area contributed by atoms with Crippen LogP contribution in [0.5, 0.6) is 0 Å². The molecule has 10 heteroatoms. The summed E-state index contributed by atoms with van der Waals surface area (Å²) in [5.74, 6) is 0.764. The molecular formula is C16H29ClIN5O2S. The van der Waals surface area contributed by atoms with Gasteiger partial charge in [0.05, 0.1) is 24.4 Å². The number of hydrogen-bond acceptors (Lipinski definition) is 3. The van der Waals surface area contributed by atoms with Crippen LogP contribution < -0.4 is 5.32 Å². The van der Waals surface area contributed by atoms with Gasteiger partial charge in [0.15, 0.2) is 5.96 Å². The zero-order chi connectivity index (χ0) is 18.6. The lowest BCUT2D eigenvalue weighted by atomic mass is 10.2. The molecule has 1 saturated heterocycles. The second-order valence-electron chi connectivity index (χ2n) is 6.48. The van der Waals surface area contributed by atoms with Gasteiger partial charge in [0.2, 0.25) is 10.0 Å². The molecule has 150 valence electrons. The van der Waals surface area contributed by atoms with E-state index in [4.69, 9.17) is 11.6 Å². The molecule has 0 saturated carbocycles. The largest absolute Gasteiger partial charge is 0.357 e. The van der Waals surface area contributed by atoms with Gasteiger partial charge in [-0.05, 0) is 25.8 Å². The van der Waals surface area contributed by atoms with Crippen LogP contribution in [0, 0.1) is 0 Å². The van der Waals surface area contributed by atoms with Crippen LogP contribution in [-0.2, 0) is 23.6 Å². The van der Waals surface area contributed by atoms with Crippen LogP contribution in [-0.4, -0.2) is 67.1 Å². The quantitative estimate of drug-likeness (QED) is 0.357. The van der Waals surface area contributed by atoms with Crippen molar-refractivity contribution in [2.24, 2.45) is 12.0 Å². The summed E-state index contributed by atoms with van der Waals surface area (Å²) >= 11 is 6.05. The highest BCUT2D eigenvalue weighted by Crippen LogP contribution is 2.20. The molecule has 7 nitrogen and oxygen atoms in total. The Balaban J connectivity index is 0.00000338. The molecule has 26 heavy (non-hydrogen) atoms. The van der Waals surface area contributed by atoms with Crippen molar-refractivity contribution in [1.29, 1.82) is 0 Å². The number of nitrogens with zero attached hydrogens (tertiary/aromatic N) is 4. The molecule has 1 fully saturated rings. The topological polar surface area (TPSA) is 69.9 Å². The molecule has 0 unspecified atom stereocenters. The summed E-state index contributed by atoms with van der Waals surface area (Å²) in [7, 11) is 0.752. The molecule has 2 heterocycles. The lowest BCUT2D eigenvalue weighted by Crippen LogP contribution is -2.41. The molecule has 0 aliphatic carbocycles. The maximum absolute atomic E-state index is 11.9. The summed E-state index contributed by atoms with van der Waals surface area (Å²) in [6.07, 6.45) is 4.89. The van der Waals surface area contributed by atoms with Gasteiger partial charge in [0, 0.05) is 45.1 Å². The molecule has 1 N–H and O–H groups in total. The average Bonchev–Trinajstić information content (AvgIpc) is 3.10. The third kappa shape index (κ3) is 6.28. The molecule has 1 aliphatic heterocycles. The number of rotatable bonds is 6. The summed E-state index contributed by atoms with van der Waals surface area (Å²) < 4.78 is 27.3. The summed E-state index contributed by atoms with van der Waals surface area (Å²) in [5, 5.41) is 3.98. The van der Waals surface area contributed by atoms with E-state index < -0.39 is 10.0 Å². The van der Waals surface area contributed by atoms with Gasteiger partial charge in [-0.15, -0.1) is 24.0 Å². The van der Waals surface area contributed by atoms with E-state index in [2.05, 4.69) is 10.3 Å². The summed E-state index contributed by atoms with van der Waals surface area (Å²) in [6, 6.07) is 1.88. The van der Waals surface area contributed by atoms with Crippen molar-refractivity contribution in [3.05, 3.63) is 23.0 Å². The number of aromatic nitrogens is 1. The van der Waals surface area contributed by atoms with Gasteiger partial charge in [-0.1, -0.05) is 11.6 Å². The second-order valence-corrected chi connectivity index (χ2v) is 8.85. The molecule has 2 rings (SSSR count). The minimum atomic E-state index is -3.17. The normalized spacial score (nSPS) is 18.7. The fourth-order valence-corrected chi connectivity index (χ4v) is 4.58. The summed E-state index contributed by atoms with van der Waals surface area (Å²) in [5.41, 5.74) is 1.08. The van der Waals surface area contributed by atoms with E-state index in [0.29, 0.717) is 24.7 Å². The van der Waals surface area contributed by atoms with Gasteiger partial charge < -0.3 is 14.8 Å². The van der Waals surface area contributed by atoms with E-state index in [1.807, 2.05) is 42.7 Å². The Kier molecular flexibility index (Phi) is 9.17. The molecule has 1 aromatic rings. The van der Waals surface area contributed by atoms with E-state index >= 15 is 0 Å². The number of hydrogen-bond donors (Lipinski definition) is 1. The molecular weight excluding hydrogens is 489 g/mol. The SMILES string of the molecule is CCNC(=NC[C@H]1CCCN1S(C)(=O)=O)N(C)Cc1cc(Cl)cn1C.I. The first kappa shape index (κ1) is 23.5. The lowest BCUT2D eigenvalue weighted by molar-refractivity contribution is 0.393. The van der Waals surface area contributed by atoms with Crippen molar-refractivity contribution in [2.45, 2.75) is 32.4 Å². The number of sulfonamides is 1. The van der Waals surface area contributed by atoms with E-state index in [9.17, 15) is 8.42 Å². The highest BCUT2D eigenvalue weighted by atomic mass is 127. The van der Waals surface area contributed by atoms with Crippen LogP contribution in [0.15, 0.2) is 17.3 Å². The Hall–Kier alpha value is -0.520. The van der Waals surface area contributed by atoms with Gasteiger partial charge in [0.25, 0.3) is 0 Å². The standard InChI is InChI=1S/C16H28ClN5O2S.HI/c1-5-18-16(21(3)12-15-9-13(17)11-20(15)2)19-10-14-7-6-8-22(14)25(4,23)24;/h9,11,14H,5-8,10,12H2,1-4H3,(H,18,19);1H/t14-;/m1./s1. The van der Waals surface area contributed by atoms with Crippen LogP contribution >= 0.6 is 35.6 Å². The minimum absolute atomic E-state index is 0. The predicted octanol–water partition coefficient (Wildman–Crippen LogP) is 2.12. The van der Waals surface area contributed by atoms with Crippen LogP contribution in [0.1, 0.15) is 25.5 Å². The Morgan fingerprint density at radius 3 is 2.73 bits per heavy atom. The maximum Gasteiger partial charge on any atom is 0.211 e. The maximum atomic E-state index is 11.9. The van der Waals surface area contributed by atoms with Crippen LogP contribution in [0.2, 0.25) is 5.02 Å². The number of nitrogens with one attached hydrogen (secondary N) is 1. The zero-order valence-electron chi connectivity index (χ0n) is 15.8. The van der Waals surface area contributed by atoms with Gasteiger partial charge in [-0.2, -0.15) is 4.31 Å². The lowest BCUT2D eigenvalue weighted by Gasteiger charge is -2.24. The zero-order valence-corrected chi connectivity index (χ0v) is 19.7. The molecule has 1 atom stereocenters. The molecule has 0 spiro atoms. The van der Waals surface area contributed by atoms with E-state index in [1.54, 1.807) is 4.31 Å². The Morgan fingerprint density at radius 1 is 1.50 bits per heavy atom. The Bertz CT molecular complexity index is 722. The van der Waals surface area contributed by atoms with Crippen LogP contribution in [0.4, 0.5) is 0 Å². The van der Waals surface area contributed by atoms with Crippen molar-refractivity contribution in [1.82, 2.24) is 19.1 Å². The highest BCUT2D eigenvalue weighted by Gasteiger charge is 2.31. The Morgan fingerprint density at radius 2 is 2.19 bits per heavy atom. The number of halogens is 2. The number of aliphatic imine (C=N–C) groups is 1. The first-order valence-corrected chi connectivity index (χ1v) is 10.7. The molecule has 0 radical (unpaired) electrons. The first-order valence-electron chi connectivity index (χ1n) is 8.49. The number of aryl methyl sites for hydroxylation is 1. The van der Waals surface area contributed by atoms with Crippen LogP contribution in [0.3, 0.4) is 0 Å². The van der Waals surface area contributed by atoms with E-state index in [0.717, 1.165) is 31.0 Å². The van der Waals surface area contributed by atoms with Crippen molar-refractivity contribution in [2.75, 3.05) is 32.9 Å². The third-order valence-electron chi connectivity index (χ3n) is 4.37. The van der Waals surface area contributed by atoms with Crippen molar-refractivity contribution < 1.29 is 8.42 Å². The van der Waals surface area contributed by atoms with E-state index in [-0.39, 0.29) is 30.0 Å². The average molecular weight is 518 g/mol. The first-order chi connectivity index (χ1) is 11.7. The highest BCUT2D eigenvalue weighted by molar-refractivity contribution is 14.0. The van der Waals surface area contributed by atoms with E-state index in [1.165, 1.54) is 6.26 Å². The smallest absolute Gasteiger partial charge is 0.211 e. The monoisotopic (exact) mass is 517 g/mol. The third-order valence-corrected chi connectivity index (χ3v) is 5.91. The summed E-state index contributed by atoms with van der Waals surface area (Å²) in [4.78, 5) is 6.70. The fourth-order valence-electron chi connectivity index (χ4n) is 3.13.